The second-order valence-electron chi connectivity index (χ2n) is 5.71. The quantitative estimate of drug-likeness (QED) is 0.832. The van der Waals surface area contributed by atoms with Crippen molar-refractivity contribution in [3.05, 3.63) is 22.4 Å². The number of nitrogens with one attached hydrogen (secondary N) is 1. The van der Waals surface area contributed by atoms with Crippen LogP contribution in [0.5, 0.6) is 0 Å². The van der Waals surface area contributed by atoms with E-state index in [2.05, 4.69) is 36.7 Å². The molecule has 1 saturated carbocycles. The minimum absolute atomic E-state index is 0.0471. The topological polar surface area (TPSA) is 47.3 Å². The minimum atomic E-state index is -0.149. The molecule has 0 bridgehead atoms. The highest BCUT2D eigenvalue weighted by Gasteiger charge is 2.57. The summed E-state index contributed by atoms with van der Waals surface area (Å²) in [4.78, 5) is 1.36. The molecule has 1 aromatic heterocycles. The SMILES string of the molecule is CCOC1CC(N)(CNCc2cccs2)C1(C)C. The van der Waals surface area contributed by atoms with Gasteiger partial charge in [0, 0.05) is 35.5 Å². The van der Waals surface area contributed by atoms with Crippen LogP contribution < -0.4 is 11.1 Å². The molecule has 1 heterocycles. The van der Waals surface area contributed by atoms with Gasteiger partial charge in [-0.1, -0.05) is 19.9 Å². The van der Waals surface area contributed by atoms with Crippen LogP contribution in [0.25, 0.3) is 0 Å². The lowest BCUT2D eigenvalue weighted by atomic mass is 9.54. The zero-order valence-corrected chi connectivity index (χ0v) is 12.3. The lowest BCUT2D eigenvalue weighted by molar-refractivity contribution is -0.148. The zero-order chi connectivity index (χ0) is 13.2. The molecule has 0 aromatic carbocycles. The van der Waals surface area contributed by atoms with Gasteiger partial charge in [0.25, 0.3) is 0 Å². The van der Waals surface area contributed by atoms with E-state index in [9.17, 15) is 0 Å². The standard InChI is InChI=1S/C14H24N2OS/c1-4-17-12-8-14(15,13(12,2)3)10-16-9-11-6-5-7-18-11/h5-7,12,16H,4,8-10,15H2,1-3H3. The summed E-state index contributed by atoms with van der Waals surface area (Å²) < 4.78 is 5.74. The van der Waals surface area contributed by atoms with E-state index in [1.165, 1.54) is 4.88 Å². The Hall–Kier alpha value is -0.420. The molecular weight excluding hydrogens is 244 g/mol. The Morgan fingerprint density at radius 1 is 1.56 bits per heavy atom. The molecule has 1 fully saturated rings. The van der Waals surface area contributed by atoms with Crippen molar-refractivity contribution in [2.45, 2.75) is 45.4 Å². The van der Waals surface area contributed by atoms with Gasteiger partial charge in [0.2, 0.25) is 0 Å². The van der Waals surface area contributed by atoms with E-state index in [1.54, 1.807) is 11.3 Å². The van der Waals surface area contributed by atoms with Gasteiger partial charge in [0.15, 0.2) is 0 Å². The summed E-state index contributed by atoms with van der Waals surface area (Å²) in [5.74, 6) is 0. The third-order valence-electron chi connectivity index (χ3n) is 4.33. The molecule has 1 aliphatic carbocycles. The summed E-state index contributed by atoms with van der Waals surface area (Å²) in [6, 6.07) is 4.23. The number of ether oxygens (including phenoxy) is 1. The highest BCUT2D eigenvalue weighted by Crippen LogP contribution is 2.49. The van der Waals surface area contributed by atoms with E-state index < -0.39 is 0 Å². The van der Waals surface area contributed by atoms with Crippen LogP contribution in [0, 0.1) is 5.41 Å². The van der Waals surface area contributed by atoms with Crippen LogP contribution in [-0.4, -0.2) is 24.8 Å². The molecule has 2 rings (SSSR count). The average molecular weight is 268 g/mol. The summed E-state index contributed by atoms with van der Waals surface area (Å²) in [5.41, 5.74) is 6.40. The van der Waals surface area contributed by atoms with Crippen LogP contribution in [0.4, 0.5) is 0 Å². The van der Waals surface area contributed by atoms with Crippen molar-refractivity contribution in [2.75, 3.05) is 13.2 Å². The van der Waals surface area contributed by atoms with Crippen LogP contribution in [0.15, 0.2) is 17.5 Å². The maximum absolute atomic E-state index is 6.50. The van der Waals surface area contributed by atoms with E-state index in [1.807, 2.05) is 6.92 Å². The number of hydrogen-bond donors (Lipinski definition) is 2. The van der Waals surface area contributed by atoms with Gasteiger partial charge in [0.05, 0.1) is 6.10 Å². The van der Waals surface area contributed by atoms with Gasteiger partial charge in [-0.25, -0.2) is 0 Å². The van der Waals surface area contributed by atoms with Crippen molar-refractivity contribution in [1.82, 2.24) is 5.32 Å². The lowest BCUT2D eigenvalue weighted by Gasteiger charge is -2.59. The molecule has 0 saturated heterocycles. The molecule has 0 spiro atoms. The Morgan fingerprint density at radius 2 is 2.33 bits per heavy atom. The molecule has 0 radical (unpaired) electrons. The summed E-state index contributed by atoms with van der Waals surface area (Å²) in [6.45, 7) is 9.00. The van der Waals surface area contributed by atoms with Gasteiger partial charge < -0.3 is 15.8 Å². The van der Waals surface area contributed by atoms with E-state index in [4.69, 9.17) is 10.5 Å². The van der Waals surface area contributed by atoms with Crippen LogP contribution in [0.1, 0.15) is 32.1 Å². The Balaban J connectivity index is 1.82. The summed E-state index contributed by atoms with van der Waals surface area (Å²) in [6.07, 6.45) is 1.25. The molecule has 2 unspecified atom stereocenters. The number of nitrogens with two attached hydrogens (primary N) is 1. The van der Waals surface area contributed by atoms with Gasteiger partial charge in [-0.05, 0) is 24.8 Å². The first-order chi connectivity index (χ1) is 8.49. The van der Waals surface area contributed by atoms with Crippen molar-refractivity contribution in [1.29, 1.82) is 0 Å². The number of hydrogen-bond acceptors (Lipinski definition) is 4. The van der Waals surface area contributed by atoms with Crippen molar-refractivity contribution >= 4 is 11.3 Å². The molecule has 18 heavy (non-hydrogen) atoms. The number of thiophene rings is 1. The molecule has 1 aliphatic rings. The molecule has 4 heteroatoms. The highest BCUT2D eigenvalue weighted by molar-refractivity contribution is 7.09. The maximum atomic E-state index is 6.50. The normalized spacial score (nSPS) is 30.1. The first-order valence-electron chi connectivity index (χ1n) is 6.63. The first-order valence-corrected chi connectivity index (χ1v) is 7.51. The molecule has 3 nitrogen and oxygen atoms in total. The van der Waals surface area contributed by atoms with Crippen molar-refractivity contribution in [3.8, 4) is 0 Å². The molecule has 0 amide bonds. The average Bonchev–Trinajstić information content (AvgIpc) is 2.82. The second kappa shape index (κ2) is 5.29. The van der Waals surface area contributed by atoms with Gasteiger partial charge in [-0.2, -0.15) is 0 Å². The molecule has 2 atom stereocenters. The van der Waals surface area contributed by atoms with Gasteiger partial charge in [0.1, 0.15) is 0 Å². The van der Waals surface area contributed by atoms with E-state index in [-0.39, 0.29) is 11.0 Å². The number of rotatable bonds is 6. The van der Waals surface area contributed by atoms with E-state index in [0.29, 0.717) is 6.10 Å². The Bertz CT molecular complexity index is 377. The first kappa shape index (κ1) is 14.0. The summed E-state index contributed by atoms with van der Waals surface area (Å²) >= 11 is 1.78. The van der Waals surface area contributed by atoms with Crippen molar-refractivity contribution < 1.29 is 4.74 Å². The molecule has 102 valence electrons. The van der Waals surface area contributed by atoms with E-state index >= 15 is 0 Å². The second-order valence-corrected chi connectivity index (χ2v) is 6.74. The van der Waals surface area contributed by atoms with Gasteiger partial charge in [-0.15, -0.1) is 11.3 Å². The highest BCUT2D eigenvalue weighted by atomic mass is 32.1. The molecule has 1 aromatic rings. The minimum Gasteiger partial charge on any atom is -0.378 e. The third kappa shape index (κ3) is 2.48. The fraction of sp³-hybridized carbons (Fsp3) is 0.714. The van der Waals surface area contributed by atoms with Gasteiger partial charge >= 0.3 is 0 Å². The molecule has 0 aliphatic heterocycles. The van der Waals surface area contributed by atoms with Crippen LogP contribution >= 0.6 is 11.3 Å². The summed E-state index contributed by atoms with van der Waals surface area (Å²) in [7, 11) is 0. The smallest absolute Gasteiger partial charge is 0.0662 e. The third-order valence-corrected chi connectivity index (χ3v) is 5.20. The van der Waals surface area contributed by atoms with E-state index in [0.717, 1.165) is 26.1 Å². The lowest BCUT2D eigenvalue weighted by Crippen LogP contribution is -2.73. The van der Waals surface area contributed by atoms with Crippen molar-refractivity contribution in [2.24, 2.45) is 11.1 Å². The Kier molecular flexibility index (Phi) is 4.11. The fourth-order valence-electron chi connectivity index (χ4n) is 2.63. The Labute approximate surface area is 114 Å². The largest absolute Gasteiger partial charge is 0.378 e. The predicted octanol–water partition coefficient (Wildman–Crippen LogP) is 2.37. The zero-order valence-electron chi connectivity index (χ0n) is 11.5. The summed E-state index contributed by atoms with van der Waals surface area (Å²) in [5, 5.41) is 5.58. The molecular formula is C14H24N2OS. The molecule has 3 N–H and O–H groups in total. The van der Waals surface area contributed by atoms with Crippen LogP contribution in [0.3, 0.4) is 0 Å². The maximum Gasteiger partial charge on any atom is 0.0662 e. The van der Waals surface area contributed by atoms with Crippen LogP contribution in [-0.2, 0) is 11.3 Å². The van der Waals surface area contributed by atoms with Gasteiger partial charge in [-0.3, -0.25) is 0 Å². The fourth-order valence-corrected chi connectivity index (χ4v) is 3.30. The van der Waals surface area contributed by atoms with Crippen LogP contribution in [0.2, 0.25) is 0 Å². The predicted molar refractivity (Wildman–Crippen MR) is 76.8 cm³/mol. The van der Waals surface area contributed by atoms with Crippen molar-refractivity contribution in [3.63, 3.8) is 0 Å². The monoisotopic (exact) mass is 268 g/mol. The Morgan fingerprint density at radius 3 is 2.89 bits per heavy atom.